The maximum atomic E-state index is 14.1. The van der Waals surface area contributed by atoms with Gasteiger partial charge in [-0.2, -0.15) is 0 Å². The van der Waals surface area contributed by atoms with Gasteiger partial charge in [0.1, 0.15) is 23.4 Å². The summed E-state index contributed by atoms with van der Waals surface area (Å²) in [6.45, 7) is 0.347. The van der Waals surface area contributed by atoms with Crippen LogP contribution in [0.1, 0.15) is 17.2 Å². The third kappa shape index (κ3) is 3.00. The van der Waals surface area contributed by atoms with Gasteiger partial charge in [-0.3, -0.25) is 4.79 Å². The standard InChI is InChI=1S/C20H14F3NO3/c21-15-8-17(23)16(22)6-14(15)20-18(24)7-13-12-3-2-11(26-9-25)5-10(12)1-4-19(13)27-20/h1-6,8-9,18,20H,7,24H2/t18-,20+/m0/s1. The number of hydrogen-bond acceptors (Lipinski definition) is 4. The first-order valence-corrected chi connectivity index (χ1v) is 8.20. The van der Waals surface area contributed by atoms with Gasteiger partial charge in [0.25, 0.3) is 6.47 Å². The van der Waals surface area contributed by atoms with Crippen molar-refractivity contribution in [3.63, 3.8) is 0 Å². The van der Waals surface area contributed by atoms with Gasteiger partial charge in [0.05, 0.1) is 6.04 Å². The summed E-state index contributed by atoms with van der Waals surface area (Å²) in [5.74, 6) is -2.44. The molecule has 2 atom stereocenters. The Labute approximate surface area is 152 Å². The molecule has 0 radical (unpaired) electrons. The second-order valence-electron chi connectivity index (χ2n) is 6.33. The third-order valence-electron chi connectivity index (χ3n) is 4.67. The second kappa shape index (κ2) is 6.59. The van der Waals surface area contributed by atoms with E-state index in [4.69, 9.17) is 15.2 Å². The van der Waals surface area contributed by atoms with E-state index in [-0.39, 0.29) is 5.56 Å². The lowest BCUT2D eigenvalue weighted by molar-refractivity contribution is -0.120. The van der Waals surface area contributed by atoms with Gasteiger partial charge in [0.15, 0.2) is 11.6 Å². The summed E-state index contributed by atoms with van der Waals surface area (Å²) in [6, 6.07) is 9.20. The van der Waals surface area contributed by atoms with Crippen molar-refractivity contribution in [1.82, 2.24) is 0 Å². The lowest BCUT2D eigenvalue weighted by Crippen LogP contribution is -2.38. The van der Waals surface area contributed by atoms with Crippen molar-refractivity contribution < 1.29 is 27.4 Å². The number of carbonyl (C=O) groups excluding carboxylic acids is 1. The number of halogens is 3. The van der Waals surface area contributed by atoms with Crippen molar-refractivity contribution >= 4 is 17.2 Å². The van der Waals surface area contributed by atoms with E-state index >= 15 is 0 Å². The van der Waals surface area contributed by atoms with Gasteiger partial charge in [-0.15, -0.1) is 0 Å². The quantitative estimate of drug-likeness (QED) is 0.560. The molecule has 0 fully saturated rings. The summed E-state index contributed by atoms with van der Waals surface area (Å²) in [7, 11) is 0. The maximum absolute atomic E-state index is 14.1. The molecule has 1 aliphatic heterocycles. The minimum Gasteiger partial charge on any atom is -0.484 e. The van der Waals surface area contributed by atoms with Gasteiger partial charge >= 0.3 is 0 Å². The third-order valence-corrected chi connectivity index (χ3v) is 4.67. The molecule has 138 valence electrons. The first-order valence-electron chi connectivity index (χ1n) is 8.20. The largest absolute Gasteiger partial charge is 0.484 e. The van der Waals surface area contributed by atoms with Crippen molar-refractivity contribution in [1.29, 1.82) is 0 Å². The predicted molar refractivity (Wildman–Crippen MR) is 92.0 cm³/mol. The lowest BCUT2D eigenvalue weighted by atomic mass is 9.90. The van der Waals surface area contributed by atoms with E-state index in [1.165, 1.54) is 0 Å². The summed E-state index contributed by atoms with van der Waals surface area (Å²) in [4.78, 5) is 10.5. The lowest BCUT2D eigenvalue weighted by Gasteiger charge is -2.32. The monoisotopic (exact) mass is 373 g/mol. The average molecular weight is 373 g/mol. The van der Waals surface area contributed by atoms with Crippen LogP contribution >= 0.6 is 0 Å². The van der Waals surface area contributed by atoms with Crippen LogP contribution in [-0.2, 0) is 11.2 Å². The zero-order valence-electron chi connectivity index (χ0n) is 13.9. The van der Waals surface area contributed by atoms with Gasteiger partial charge in [-0.1, -0.05) is 12.1 Å². The SMILES string of the molecule is N[C@H]1Cc2c(ccc3cc(OC=O)ccc23)O[C@@H]1c1cc(F)c(F)cc1F. The van der Waals surface area contributed by atoms with Crippen LogP contribution in [0.5, 0.6) is 11.5 Å². The van der Waals surface area contributed by atoms with Crippen LogP contribution < -0.4 is 15.2 Å². The van der Waals surface area contributed by atoms with Crippen LogP contribution in [0.3, 0.4) is 0 Å². The molecule has 0 spiro atoms. The number of ether oxygens (including phenoxy) is 2. The number of nitrogens with two attached hydrogens (primary N) is 1. The molecule has 2 N–H and O–H groups in total. The summed E-state index contributed by atoms with van der Waals surface area (Å²) >= 11 is 0. The first kappa shape index (κ1) is 17.4. The average Bonchev–Trinajstić information content (AvgIpc) is 2.64. The van der Waals surface area contributed by atoms with E-state index in [2.05, 4.69) is 0 Å². The van der Waals surface area contributed by atoms with E-state index in [0.717, 1.165) is 22.4 Å². The highest BCUT2D eigenvalue weighted by atomic mass is 19.2. The Kier molecular flexibility index (Phi) is 4.24. The van der Waals surface area contributed by atoms with Gasteiger partial charge in [-0.25, -0.2) is 13.2 Å². The number of carbonyl (C=O) groups is 1. The van der Waals surface area contributed by atoms with E-state index in [1.54, 1.807) is 30.3 Å². The van der Waals surface area contributed by atoms with Crippen LogP contribution in [0, 0.1) is 17.5 Å². The molecule has 4 nitrogen and oxygen atoms in total. The zero-order valence-corrected chi connectivity index (χ0v) is 13.9. The summed E-state index contributed by atoms with van der Waals surface area (Å²) in [5.41, 5.74) is 6.87. The molecule has 4 rings (SSSR count). The fraction of sp³-hybridized carbons (Fsp3) is 0.150. The first-order chi connectivity index (χ1) is 13.0. The molecule has 0 saturated heterocycles. The number of fused-ring (bicyclic) bond motifs is 3. The fourth-order valence-electron chi connectivity index (χ4n) is 3.42. The van der Waals surface area contributed by atoms with Crippen molar-refractivity contribution in [2.75, 3.05) is 0 Å². The van der Waals surface area contributed by atoms with Crippen molar-refractivity contribution in [2.45, 2.75) is 18.6 Å². The van der Waals surface area contributed by atoms with Gasteiger partial charge < -0.3 is 15.2 Å². The highest BCUT2D eigenvalue weighted by molar-refractivity contribution is 5.89. The van der Waals surface area contributed by atoms with Crippen LogP contribution in [0.4, 0.5) is 13.2 Å². The Hall–Kier alpha value is -3.06. The highest BCUT2D eigenvalue weighted by Crippen LogP contribution is 2.40. The fourth-order valence-corrected chi connectivity index (χ4v) is 3.42. The molecule has 1 heterocycles. The van der Waals surface area contributed by atoms with Gasteiger partial charge in [-0.05, 0) is 41.5 Å². The molecular formula is C20H14F3NO3. The molecular weight excluding hydrogens is 359 g/mol. The number of benzene rings is 3. The van der Waals surface area contributed by atoms with E-state index in [1.807, 2.05) is 0 Å². The van der Waals surface area contributed by atoms with Gasteiger partial charge in [0, 0.05) is 17.2 Å². The summed E-state index contributed by atoms with van der Waals surface area (Å²) in [5, 5.41) is 1.67. The topological polar surface area (TPSA) is 61.5 Å². The van der Waals surface area contributed by atoms with Crippen LogP contribution in [0.2, 0.25) is 0 Å². The maximum Gasteiger partial charge on any atom is 0.298 e. The van der Waals surface area contributed by atoms with Crippen molar-refractivity contribution in [3.05, 3.63) is 71.0 Å². The molecule has 0 amide bonds. The minimum atomic E-state index is -1.26. The molecule has 7 heteroatoms. The molecule has 0 aliphatic carbocycles. The Bertz CT molecular complexity index is 1050. The van der Waals surface area contributed by atoms with E-state index < -0.39 is 29.6 Å². The second-order valence-corrected chi connectivity index (χ2v) is 6.33. The zero-order chi connectivity index (χ0) is 19.1. The van der Waals surface area contributed by atoms with Gasteiger partial charge in [0.2, 0.25) is 0 Å². The number of hydrogen-bond donors (Lipinski definition) is 1. The molecule has 3 aromatic carbocycles. The van der Waals surface area contributed by atoms with Crippen molar-refractivity contribution in [2.24, 2.45) is 5.73 Å². The summed E-state index contributed by atoms with van der Waals surface area (Å²) in [6.07, 6.45) is -0.591. The van der Waals surface area contributed by atoms with Crippen LogP contribution in [0.25, 0.3) is 10.8 Å². The summed E-state index contributed by atoms with van der Waals surface area (Å²) < 4.78 is 51.6. The predicted octanol–water partition coefficient (Wildman–Crippen LogP) is 3.80. The highest BCUT2D eigenvalue weighted by Gasteiger charge is 2.32. The molecule has 27 heavy (non-hydrogen) atoms. The van der Waals surface area contributed by atoms with E-state index in [9.17, 15) is 18.0 Å². The van der Waals surface area contributed by atoms with Crippen LogP contribution in [-0.4, -0.2) is 12.5 Å². The molecule has 0 bridgehead atoms. The molecule has 0 unspecified atom stereocenters. The normalized spacial score (nSPS) is 18.7. The Morgan fingerprint density at radius 3 is 2.59 bits per heavy atom. The van der Waals surface area contributed by atoms with Crippen molar-refractivity contribution in [3.8, 4) is 11.5 Å². The Morgan fingerprint density at radius 1 is 1.04 bits per heavy atom. The van der Waals surface area contributed by atoms with E-state index in [0.29, 0.717) is 30.5 Å². The smallest absolute Gasteiger partial charge is 0.298 e. The molecule has 1 aliphatic rings. The Morgan fingerprint density at radius 2 is 1.81 bits per heavy atom. The molecule has 3 aromatic rings. The minimum absolute atomic E-state index is 0.123. The Balaban J connectivity index is 1.75. The van der Waals surface area contributed by atoms with Crippen LogP contribution in [0.15, 0.2) is 42.5 Å². The number of rotatable bonds is 3. The molecule has 0 saturated carbocycles. The molecule has 0 aromatic heterocycles.